The van der Waals surface area contributed by atoms with Crippen LogP contribution >= 0.6 is 11.6 Å². The molecule has 3 rings (SSSR count). The van der Waals surface area contributed by atoms with Crippen molar-refractivity contribution < 1.29 is 4.74 Å². The highest BCUT2D eigenvalue weighted by atomic mass is 35.5. The molecule has 0 aliphatic heterocycles. The molecule has 0 unspecified atom stereocenters. The number of hydrogen-bond donors (Lipinski definition) is 1. The smallest absolute Gasteiger partial charge is 0.120 e. The molecule has 2 nitrogen and oxygen atoms in total. The summed E-state index contributed by atoms with van der Waals surface area (Å²) in [4.78, 5) is 0. The topological polar surface area (TPSA) is 35.2 Å². The van der Waals surface area contributed by atoms with Crippen LogP contribution in [0.4, 0.5) is 5.69 Å². The van der Waals surface area contributed by atoms with Crippen LogP contribution in [0.15, 0.2) is 60.7 Å². The number of ether oxygens (including phenoxy) is 1. The quantitative estimate of drug-likeness (QED) is 0.710. The molecule has 3 heteroatoms. The Bertz CT molecular complexity index is 755. The first-order chi connectivity index (χ1) is 9.72. The maximum atomic E-state index is 6.13. The first-order valence-electron chi connectivity index (χ1n) is 6.38. The Morgan fingerprint density at radius 3 is 2.50 bits per heavy atom. The van der Waals surface area contributed by atoms with Gasteiger partial charge in [-0.1, -0.05) is 48.0 Å². The van der Waals surface area contributed by atoms with E-state index in [-0.39, 0.29) is 0 Å². The van der Waals surface area contributed by atoms with Crippen LogP contribution in [0.1, 0.15) is 5.56 Å². The van der Waals surface area contributed by atoms with Gasteiger partial charge in [0.1, 0.15) is 12.4 Å². The molecular formula is C17H14ClNO. The van der Waals surface area contributed by atoms with Crippen LogP contribution in [0, 0.1) is 0 Å². The van der Waals surface area contributed by atoms with Crippen LogP contribution in [0.2, 0.25) is 5.02 Å². The summed E-state index contributed by atoms with van der Waals surface area (Å²) in [5, 5.41) is 2.99. The number of nitrogens with two attached hydrogens (primary N) is 1. The normalized spacial score (nSPS) is 10.7. The van der Waals surface area contributed by atoms with Crippen molar-refractivity contribution in [1.29, 1.82) is 0 Å². The Labute approximate surface area is 122 Å². The third-order valence-corrected chi connectivity index (χ3v) is 3.54. The van der Waals surface area contributed by atoms with Gasteiger partial charge in [-0.05, 0) is 35.0 Å². The second-order valence-corrected chi connectivity index (χ2v) is 5.06. The molecule has 0 bridgehead atoms. The lowest BCUT2D eigenvalue weighted by Gasteiger charge is -2.09. The van der Waals surface area contributed by atoms with Gasteiger partial charge in [-0.15, -0.1) is 0 Å². The lowest BCUT2D eigenvalue weighted by atomic mass is 10.1. The van der Waals surface area contributed by atoms with E-state index in [2.05, 4.69) is 18.2 Å². The highest BCUT2D eigenvalue weighted by Crippen LogP contribution is 2.24. The summed E-state index contributed by atoms with van der Waals surface area (Å²) in [5.74, 6) is 0.830. The number of rotatable bonds is 3. The highest BCUT2D eigenvalue weighted by Gasteiger charge is 2.03. The van der Waals surface area contributed by atoms with Crippen molar-refractivity contribution >= 4 is 28.1 Å². The van der Waals surface area contributed by atoms with Gasteiger partial charge in [-0.3, -0.25) is 0 Å². The van der Waals surface area contributed by atoms with Gasteiger partial charge >= 0.3 is 0 Å². The summed E-state index contributed by atoms with van der Waals surface area (Å²) in [5.41, 5.74) is 7.25. The third kappa shape index (κ3) is 2.70. The molecule has 100 valence electrons. The van der Waals surface area contributed by atoms with E-state index in [1.807, 2.05) is 36.4 Å². The van der Waals surface area contributed by atoms with Crippen molar-refractivity contribution in [3.05, 3.63) is 71.2 Å². The number of halogens is 1. The van der Waals surface area contributed by atoms with E-state index >= 15 is 0 Å². The van der Waals surface area contributed by atoms with E-state index in [0.717, 1.165) is 16.7 Å². The van der Waals surface area contributed by atoms with Crippen LogP contribution in [-0.4, -0.2) is 0 Å². The van der Waals surface area contributed by atoms with Crippen LogP contribution < -0.4 is 10.5 Å². The van der Waals surface area contributed by atoms with Gasteiger partial charge in [0.25, 0.3) is 0 Å². The predicted octanol–water partition coefficient (Wildman–Crippen LogP) is 4.65. The van der Waals surface area contributed by atoms with Crippen molar-refractivity contribution in [2.24, 2.45) is 0 Å². The van der Waals surface area contributed by atoms with Crippen molar-refractivity contribution in [3.8, 4) is 5.75 Å². The zero-order valence-corrected chi connectivity index (χ0v) is 11.6. The van der Waals surface area contributed by atoms with Crippen molar-refractivity contribution in [2.75, 3.05) is 5.73 Å². The molecule has 0 fully saturated rings. The minimum absolute atomic E-state index is 0.428. The van der Waals surface area contributed by atoms with Crippen LogP contribution in [0.3, 0.4) is 0 Å². The van der Waals surface area contributed by atoms with Gasteiger partial charge in [0.05, 0.1) is 0 Å². The lowest BCUT2D eigenvalue weighted by Crippen LogP contribution is -1.97. The molecule has 2 N–H and O–H groups in total. The number of anilines is 1. The summed E-state index contributed by atoms with van der Waals surface area (Å²) < 4.78 is 5.80. The SMILES string of the molecule is Nc1ccc(COc2ccc3ccccc3c2)c(Cl)c1. The molecule has 0 radical (unpaired) electrons. The Morgan fingerprint density at radius 1 is 0.900 bits per heavy atom. The second-order valence-electron chi connectivity index (χ2n) is 4.65. The molecule has 0 spiro atoms. The van der Waals surface area contributed by atoms with Crippen LogP contribution in [0.25, 0.3) is 10.8 Å². The fourth-order valence-corrected chi connectivity index (χ4v) is 2.34. The van der Waals surface area contributed by atoms with E-state index < -0.39 is 0 Å². The van der Waals surface area contributed by atoms with Crippen molar-refractivity contribution in [2.45, 2.75) is 6.61 Å². The second kappa shape index (κ2) is 5.43. The van der Waals surface area contributed by atoms with Crippen molar-refractivity contribution in [3.63, 3.8) is 0 Å². The first-order valence-corrected chi connectivity index (χ1v) is 6.76. The van der Waals surface area contributed by atoms with Gasteiger partial charge in [-0.2, -0.15) is 0 Å². The highest BCUT2D eigenvalue weighted by molar-refractivity contribution is 6.31. The molecule has 0 heterocycles. The third-order valence-electron chi connectivity index (χ3n) is 3.19. The van der Waals surface area contributed by atoms with E-state index in [0.29, 0.717) is 17.3 Å². The summed E-state index contributed by atoms with van der Waals surface area (Å²) in [7, 11) is 0. The van der Waals surface area contributed by atoms with E-state index in [1.54, 1.807) is 6.07 Å². The molecule has 0 aliphatic carbocycles. The fraction of sp³-hybridized carbons (Fsp3) is 0.0588. The van der Waals surface area contributed by atoms with E-state index in [1.165, 1.54) is 5.39 Å². The van der Waals surface area contributed by atoms with Gasteiger partial charge < -0.3 is 10.5 Å². The zero-order valence-electron chi connectivity index (χ0n) is 10.8. The van der Waals surface area contributed by atoms with E-state index in [9.17, 15) is 0 Å². The molecule has 0 aliphatic rings. The number of nitrogen functional groups attached to an aromatic ring is 1. The Kier molecular flexibility index (Phi) is 3.48. The molecule has 0 saturated heterocycles. The summed E-state index contributed by atoms with van der Waals surface area (Å²) in [6, 6.07) is 19.7. The molecule has 20 heavy (non-hydrogen) atoms. The number of benzene rings is 3. The average Bonchev–Trinajstić information content (AvgIpc) is 2.46. The molecule has 3 aromatic rings. The Balaban J connectivity index is 1.79. The van der Waals surface area contributed by atoms with Gasteiger partial charge in [0.15, 0.2) is 0 Å². The fourth-order valence-electron chi connectivity index (χ4n) is 2.10. The Hall–Kier alpha value is -2.19. The molecule has 0 amide bonds. The largest absolute Gasteiger partial charge is 0.489 e. The molecule has 3 aromatic carbocycles. The van der Waals surface area contributed by atoms with E-state index in [4.69, 9.17) is 22.1 Å². The molecule has 0 saturated carbocycles. The monoisotopic (exact) mass is 283 g/mol. The predicted molar refractivity (Wildman–Crippen MR) is 84.1 cm³/mol. The first kappa shape index (κ1) is 12.8. The maximum Gasteiger partial charge on any atom is 0.120 e. The van der Waals surface area contributed by atoms with Crippen molar-refractivity contribution in [1.82, 2.24) is 0 Å². The number of hydrogen-bond acceptors (Lipinski definition) is 2. The van der Waals surface area contributed by atoms with Gasteiger partial charge in [-0.25, -0.2) is 0 Å². The number of fused-ring (bicyclic) bond motifs is 1. The minimum atomic E-state index is 0.428. The summed E-state index contributed by atoms with van der Waals surface area (Å²) in [6.07, 6.45) is 0. The maximum absolute atomic E-state index is 6.13. The standard InChI is InChI=1S/C17H14ClNO/c18-17-10-15(19)7-5-14(17)11-20-16-8-6-12-3-1-2-4-13(12)9-16/h1-10H,11,19H2. The zero-order chi connectivity index (χ0) is 13.9. The minimum Gasteiger partial charge on any atom is -0.489 e. The molecule has 0 atom stereocenters. The van der Waals surface area contributed by atoms with Crippen LogP contribution in [0.5, 0.6) is 5.75 Å². The summed E-state index contributed by atoms with van der Waals surface area (Å²) in [6.45, 7) is 0.428. The molecule has 0 aromatic heterocycles. The summed E-state index contributed by atoms with van der Waals surface area (Å²) >= 11 is 6.13. The van der Waals surface area contributed by atoms with Gasteiger partial charge in [0.2, 0.25) is 0 Å². The van der Waals surface area contributed by atoms with Gasteiger partial charge in [0, 0.05) is 16.3 Å². The molecular weight excluding hydrogens is 270 g/mol. The Morgan fingerprint density at radius 2 is 1.70 bits per heavy atom. The average molecular weight is 284 g/mol. The lowest BCUT2D eigenvalue weighted by molar-refractivity contribution is 0.307. The van der Waals surface area contributed by atoms with Crippen LogP contribution in [-0.2, 0) is 6.61 Å².